The van der Waals surface area contributed by atoms with E-state index in [4.69, 9.17) is 4.42 Å². The Balaban J connectivity index is 1.44. The average molecular weight is 412 g/mol. The predicted molar refractivity (Wildman–Crippen MR) is 110 cm³/mol. The molecule has 0 atom stereocenters. The van der Waals surface area contributed by atoms with Gasteiger partial charge in [0.25, 0.3) is 10.8 Å². The Morgan fingerprint density at radius 2 is 1.93 bits per heavy atom. The van der Waals surface area contributed by atoms with Gasteiger partial charge in [0.05, 0.1) is 6.33 Å². The van der Waals surface area contributed by atoms with Gasteiger partial charge in [0.2, 0.25) is 5.89 Å². The Kier molecular flexibility index (Phi) is 5.10. The molecule has 0 radical (unpaired) electrons. The van der Waals surface area contributed by atoms with Gasteiger partial charge in [0, 0.05) is 32.0 Å². The Labute approximate surface area is 170 Å². The SMILES string of the molecule is Cc1ccccc1-c1nnc(SCCCn2c(=O)c3c(ncn3C)n(C)c2=O)o1. The van der Waals surface area contributed by atoms with Crippen molar-refractivity contribution in [1.82, 2.24) is 28.9 Å². The molecule has 4 aromatic rings. The largest absolute Gasteiger partial charge is 0.411 e. The van der Waals surface area contributed by atoms with E-state index in [-0.39, 0.29) is 11.2 Å². The molecular weight excluding hydrogens is 392 g/mol. The van der Waals surface area contributed by atoms with Crippen molar-refractivity contribution in [3.05, 3.63) is 57.0 Å². The minimum absolute atomic E-state index is 0.304. The van der Waals surface area contributed by atoms with Gasteiger partial charge in [-0.15, -0.1) is 10.2 Å². The number of imidazole rings is 1. The summed E-state index contributed by atoms with van der Waals surface area (Å²) in [5.74, 6) is 1.12. The number of hydrogen-bond acceptors (Lipinski definition) is 7. The smallest absolute Gasteiger partial charge is 0.332 e. The van der Waals surface area contributed by atoms with Crippen LogP contribution in [0.5, 0.6) is 0 Å². The second kappa shape index (κ2) is 7.70. The van der Waals surface area contributed by atoms with E-state index < -0.39 is 0 Å². The van der Waals surface area contributed by atoms with Crippen molar-refractivity contribution >= 4 is 22.9 Å². The molecule has 4 rings (SSSR count). The molecular formula is C19H20N6O3S. The van der Waals surface area contributed by atoms with Crippen LogP contribution in [0.15, 0.2) is 49.8 Å². The molecule has 0 spiro atoms. The highest BCUT2D eigenvalue weighted by Crippen LogP contribution is 2.25. The molecule has 0 bridgehead atoms. The summed E-state index contributed by atoms with van der Waals surface area (Å²) in [5, 5.41) is 8.64. The quantitative estimate of drug-likeness (QED) is 0.352. The van der Waals surface area contributed by atoms with E-state index in [0.29, 0.717) is 41.0 Å². The first-order valence-corrected chi connectivity index (χ1v) is 10.1. The Bertz CT molecular complexity index is 1300. The number of benzene rings is 1. The van der Waals surface area contributed by atoms with Crippen molar-refractivity contribution in [2.24, 2.45) is 14.1 Å². The second-order valence-electron chi connectivity index (χ2n) is 6.72. The van der Waals surface area contributed by atoms with Crippen molar-refractivity contribution in [3.63, 3.8) is 0 Å². The van der Waals surface area contributed by atoms with Crippen LogP contribution in [0, 0.1) is 6.92 Å². The standard InChI is InChI=1S/C19H20N6O3S/c1-12-7-4-5-8-13(12)16-21-22-18(28-16)29-10-6-9-25-17(26)14-15(20-11-23(14)2)24(3)19(25)27/h4-5,7-8,11H,6,9-10H2,1-3H3. The van der Waals surface area contributed by atoms with Gasteiger partial charge in [-0.1, -0.05) is 30.0 Å². The topological polar surface area (TPSA) is 101 Å². The molecule has 3 heterocycles. The third kappa shape index (κ3) is 3.51. The van der Waals surface area contributed by atoms with Gasteiger partial charge in [-0.2, -0.15) is 0 Å². The number of hydrogen-bond donors (Lipinski definition) is 0. The van der Waals surface area contributed by atoms with Gasteiger partial charge >= 0.3 is 5.69 Å². The summed E-state index contributed by atoms with van der Waals surface area (Å²) in [5.41, 5.74) is 2.08. The lowest BCUT2D eigenvalue weighted by Gasteiger charge is -2.08. The van der Waals surface area contributed by atoms with E-state index in [2.05, 4.69) is 15.2 Å². The maximum atomic E-state index is 12.7. The summed E-state index contributed by atoms with van der Waals surface area (Å²) in [7, 11) is 3.36. The zero-order valence-corrected chi connectivity index (χ0v) is 17.1. The summed E-state index contributed by atoms with van der Waals surface area (Å²) in [4.78, 5) is 29.3. The van der Waals surface area contributed by atoms with Gasteiger partial charge < -0.3 is 8.98 Å². The fraction of sp³-hybridized carbons (Fsp3) is 0.316. The fourth-order valence-electron chi connectivity index (χ4n) is 3.17. The van der Waals surface area contributed by atoms with Crippen LogP contribution in [0.3, 0.4) is 0 Å². The molecule has 29 heavy (non-hydrogen) atoms. The van der Waals surface area contributed by atoms with Crippen molar-refractivity contribution in [2.75, 3.05) is 5.75 Å². The molecule has 3 aromatic heterocycles. The van der Waals surface area contributed by atoms with Crippen LogP contribution in [0.2, 0.25) is 0 Å². The molecule has 0 fully saturated rings. The number of nitrogens with zero attached hydrogens (tertiary/aromatic N) is 6. The second-order valence-corrected chi connectivity index (χ2v) is 7.76. The number of rotatable bonds is 6. The molecule has 150 valence electrons. The summed E-state index contributed by atoms with van der Waals surface area (Å²) in [6.07, 6.45) is 2.14. The highest BCUT2D eigenvalue weighted by Gasteiger charge is 2.15. The molecule has 1 aromatic carbocycles. The van der Waals surface area contributed by atoms with Gasteiger partial charge in [-0.25, -0.2) is 9.78 Å². The Morgan fingerprint density at radius 1 is 1.14 bits per heavy atom. The zero-order valence-electron chi connectivity index (χ0n) is 16.3. The first kappa shape index (κ1) is 19.2. The third-order valence-electron chi connectivity index (χ3n) is 4.73. The van der Waals surface area contributed by atoms with E-state index in [1.807, 2.05) is 31.2 Å². The Morgan fingerprint density at radius 3 is 2.72 bits per heavy atom. The maximum absolute atomic E-state index is 12.7. The van der Waals surface area contributed by atoms with Crippen molar-refractivity contribution in [3.8, 4) is 11.5 Å². The van der Waals surface area contributed by atoms with E-state index in [1.165, 1.54) is 27.2 Å². The van der Waals surface area contributed by atoms with Crippen LogP contribution in [-0.4, -0.2) is 34.6 Å². The lowest BCUT2D eigenvalue weighted by atomic mass is 10.1. The third-order valence-corrected chi connectivity index (χ3v) is 5.64. The van der Waals surface area contributed by atoms with Crippen LogP contribution in [0.4, 0.5) is 0 Å². The van der Waals surface area contributed by atoms with Crippen LogP contribution < -0.4 is 11.2 Å². The first-order valence-electron chi connectivity index (χ1n) is 9.10. The minimum atomic E-state index is -0.370. The van der Waals surface area contributed by atoms with Gasteiger partial charge in [0.15, 0.2) is 11.2 Å². The number of aryl methyl sites for hydroxylation is 3. The molecule has 0 unspecified atom stereocenters. The van der Waals surface area contributed by atoms with E-state index in [9.17, 15) is 9.59 Å². The van der Waals surface area contributed by atoms with Gasteiger partial charge in [0.1, 0.15) is 0 Å². The Hall–Kier alpha value is -3.14. The summed E-state index contributed by atoms with van der Waals surface area (Å²) in [6, 6.07) is 7.81. The van der Waals surface area contributed by atoms with E-state index in [1.54, 1.807) is 18.7 Å². The summed E-state index contributed by atoms with van der Waals surface area (Å²) >= 11 is 1.40. The van der Waals surface area contributed by atoms with Crippen LogP contribution in [-0.2, 0) is 20.6 Å². The summed E-state index contributed by atoms with van der Waals surface area (Å²) < 4.78 is 10.0. The van der Waals surface area contributed by atoms with Crippen molar-refractivity contribution in [2.45, 2.75) is 25.1 Å². The van der Waals surface area contributed by atoms with Gasteiger partial charge in [-0.05, 0) is 25.0 Å². The molecule has 10 heteroatoms. The number of fused-ring (bicyclic) bond motifs is 1. The summed E-state index contributed by atoms with van der Waals surface area (Å²) in [6.45, 7) is 2.29. The average Bonchev–Trinajstić information content (AvgIpc) is 3.33. The van der Waals surface area contributed by atoms with Crippen molar-refractivity contribution < 1.29 is 4.42 Å². The number of thioether (sulfide) groups is 1. The first-order chi connectivity index (χ1) is 14.0. The molecule has 0 saturated heterocycles. The lowest BCUT2D eigenvalue weighted by Crippen LogP contribution is -2.39. The molecule has 0 aliphatic rings. The minimum Gasteiger partial charge on any atom is -0.411 e. The monoisotopic (exact) mass is 412 g/mol. The normalized spacial score (nSPS) is 11.4. The van der Waals surface area contributed by atoms with Crippen LogP contribution in [0.1, 0.15) is 12.0 Å². The molecule has 0 saturated carbocycles. The van der Waals surface area contributed by atoms with Crippen molar-refractivity contribution in [1.29, 1.82) is 0 Å². The molecule has 0 aliphatic heterocycles. The van der Waals surface area contributed by atoms with Gasteiger partial charge in [-0.3, -0.25) is 13.9 Å². The highest BCUT2D eigenvalue weighted by molar-refractivity contribution is 7.99. The predicted octanol–water partition coefficient (Wildman–Crippen LogP) is 1.97. The molecule has 9 nitrogen and oxygen atoms in total. The maximum Gasteiger partial charge on any atom is 0.332 e. The van der Waals surface area contributed by atoms with Crippen LogP contribution >= 0.6 is 11.8 Å². The fourth-order valence-corrected chi connectivity index (χ4v) is 3.85. The molecule has 0 N–H and O–H groups in total. The van der Waals surface area contributed by atoms with Crippen LogP contribution in [0.25, 0.3) is 22.6 Å². The molecule has 0 aliphatic carbocycles. The highest BCUT2D eigenvalue weighted by atomic mass is 32.2. The lowest BCUT2D eigenvalue weighted by molar-refractivity contribution is 0.465. The molecule has 0 amide bonds. The van der Waals surface area contributed by atoms with E-state index >= 15 is 0 Å². The number of aromatic nitrogens is 6. The van der Waals surface area contributed by atoms with E-state index in [0.717, 1.165) is 11.1 Å². The zero-order chi connectivity index (χ0) is 20.5.